The molecule has 0 atom stereocenters. The lowest BCUT2D eigenvalue weighted by molar-refractivity contribution is -0.112. The molecule has 0 aromatic heterocycles. The van der Waals surface area contributed by atoms with Crippen molar-refractivity contribution >= 4 is 28.3 Å². The van der Waals surface area contributed by atoms with Crippen LogP contribution >= 0.6 is 0 Å². The van der Waals surface area contributed by atoms with Gasteiger partial charge in [-0.3, -0.25) is 4.79 Å². The number of ether oxygens (including phenoxy) is 1. The summed E-state index contributed by atoms with van der Waals surface area (Å²) in [6.45, 7) is 2.42. The highest BCUT2D eigenvalue weighted by molar-refractivity contribution is 6.11. The molecular formula is C24H21N3O4. The number of nitrogens with one attached hydrogen (secondary N) is 2. The number of nitriles is 1. The van der Waals surface area contributed by atoms with Crippen molar-refractivity contribution in [1.29, 1.82) is 5.26 Å². The van der Waals surface area contributed by atoms with E-state index < -0.39 is 5.91 Å². The van der Waals surface area contributed by atoms with Gasteiger partial charge in [-0.15, -0.1) is 0 Å². The highest BCUT2D eigenvalue weighted by atomic mass is 16.5. The second-order valence-corrected chi connectivity index (χ2v) is 6.60. The number of aromatic hydroxyl groups is 1. The molecule has 7 heteroatoms. The molecular weight excluding hydrogens is 394 g/mol. The van der Waals surface area contributed by atoms with Crippen LogP contribution in [0.4, 0.5) is 5.69 Å². The normalized spacial score (nSPS) is 10.9. The lowest BCUT2D eigenvalue weighted by atomic mass is 10.1. The number of phenolic OH excluding ortho intramolecular Hbond substituents is 1. The summed E-state index contributed by atoms with van der Waals surface area (Å²) in [6.07, 6.45) is 1.34. The molecule has 0 aliphatic rings. The van der Waals surface area contributed by atoms with E-state index in [0.717, 1.165) is 5.56 Å². The summed E-state index contributed by atoms with van der Waals surface area (Å²) in [5, 5.41) is 26.3. The number of benzene rings is 3. The number of phenols is 1. The predicted octanol–water partition coefficient (Wildman–Crippen LogP) is 3.86. The summed E-state index contributed by atoms with van der Waals surface area (Å²) in [7, 11) is 0. The van der Waals surface area contributed by atoms with Gasteiger partial charge in [0, 0.05) is 29.2 Å². The Hall–Kier alpha value is -4.31. The third-order valence-corrected chi connectivity index (χ3v) is 4.53. The van der Waals surface area contributed by atoms with E-state index in [2.05, 4.69) is 10.6 Å². The summed E-state index contributed by atoms with van der Waals surface area (Å²) in [5.41, 5.74) is 1.72. The Balaban J connectivity index is 1.66. The minimum absolute atomic E-state index is 0.0969. The fourth-order valence-electron chi connectivity index (χ4n) is 2.98. The Bertz CT molecular complexity index is 1180. The summed E-state index contributed by atoms with van der Waals surface area (Å²) >= 11 is 0. The average Bonchev–Trinajstić information content (AvgIpc) is 2.78. The van der Waals surface area contributed by atoms with Gasteiger partial charge in [0.25, 0.3) is 5.91 Å². The molecule has 0 aliphatic heterocycles. The van der Waals surface area contributed by atoms with Crippen molar-refractivity contribution < 1.29 is 19.4 Å². The molecule has 0 bridgehead atoms. The summed E-state index contributed by atoms with van der Waals surface area (Å²) in [4.78, 5) is 24.2. The third-order valence-electron chi connectivity index (χ3n) is 4.53. The van der Waals surface area contributed by atoms with E-state index in [1.807, 2.05) is 6.07 Å². The van der Waals surface area contributed by atoms with Gasteiger partial charge in [-0.05, 0) is 36.8 Å². The molecule has 3 aromatic carbocycles. The molecule has 3 aromatic rings. The van der Waals surface area contributed by atoms with Crippen LogP contribution < -0.4 is 10.6 Å². The largest absolute Gasteiger partial charge is 0.507 e. The van der Waals surface area contributed by atoms with Crippen LogP contribution in [-0.4, -0.2) is 23.6 Å². The first-order valence-corrected chi connectivity index (χ1v) is 9.65. The minimum Gasteiger partial charge on any atom is -0.507 e. The molecule has 0 saturated carbocycles. The maximum absolute atomic E-state index is 12.5. The van der Waals surface area contributed by atoms with E-state index in [1.54, 1.807) is 67.6 Å². The van der Waals surface area contributed by atoms with E-state index in [4.69, 9.17) is 4.74 Å². The van der Waals surface area contributed by atoms with E-state index in [1.165, 1.54) is 6.20 Å². The second-order valence-electron chi connectivity index (χ2n) is 6.60. The maximum atomic E-state index is 12.5. The number of nitrogens with zero attached hydrogens (tertiary/aromatic N) is 1. The number of esters is 1. The van der Waals surface area contributed by atoms with Crippen LogP contribution in [0.5, 0.6) is 5.75 Å². The number of hydrogen-bond acceptors (Lipinski definition) is 6. The van der Waals surface area contributed by atoms with Gasteiger partial charge in [0.15, 0.2) is 0 Å². The molecule has 0 spiro atoms. The molecule has 1 amide bonds. The van der Waals surface area contributed by atoms with Gasteiger partial charge in [0.05, 0.1) is 12.2 Å². The van der Waals surface area contributed by atoms with Crippen molar-refractivity contribution in [3.63, 3.8) is 0 Å². The zero-order valence-corrected chi connectivity index (χ0v) is 16.9. The van der Waals surface area contributed by atoms with Crippen LogP contribution in [0.3, 0.4) is 0 Å². The standard InChI is InChI=1S/C24H21N3O4/c1-2-31-24(30)17-11-9-16(10-12-17)14-26-15-18(13-25)23(29)27-21-7-3-6-20-19(21)5-4-8-22(20)28/h3-12,15,26,28H,2,14H2,1H3,(H,27,29)/b18-15-. The molecule has 7 nitrogen and oxygen atoms in total. The van der Waals surface area contributed by atoms with Crippen LogP contribution in [0.1, 0.15) is 22.8 Å². The van der Waals surface area contributed by atoms with Crippen LogP contribution in [0.25, 0.3) is 10.8 Å². The summed E-state index contributed by atoms with van der Waals surface area (Å²) < 4.78 is 4.94. The third kappa shape index (κ3) is 5.19. The highest BCUT2D eigenvalue weighted by Gasteiger charge is 2.12. The van der Waals surface area contributed by atoms with Crippen molar-refractivity contribution in [1.82, 2.24) is 5.32 Å². The number of rotatable bonds is 7. The Morgan fingerprint density at radius 1 is 1.06 bits per heavy atom. The molecule has 0 radical (unpaired) electrons. The predicted molar refractivity (Wildman–Crippen MR) is 117 cm³/mol. The van der Waals surface area contributed by atoms with E-state index in [0.29, 0.717) is 35.2 Å². The molecule has 3 N–H and O–H groups in total. The molecule has 0 aliphatic carbocycles. The van der Waals surface area contributed by atoms with Gasteiger partial charge in [-0.1, -0.05) is 36.4 Å². The summed E-state index contributed by atoms with van der Waals surface area (Å²) in [6, 6.07) is 18.9. The molecule has 156 valence electrons. The quantitative estimate of drug-likeness (QED) is 0.307. The molecule has 0 unspecified atom stereocenters. The van der Waals surface area contributed by atoms with Gasteiger partial charge in [-0.2, -0.15) is 5.26 Å². The number of carbonyl (C=O) groups is 2. The minimum atomic E-state index is -0.566. The lowest BCUT2D eigenvalue weighted by Crippen LogP contribution is -2.17. The molecule has 31 heavy (non-hydrogen) atoms. The van der Waals surface area contributed by atoms with Gasteiger partial charge < -0.3 is 20.5 Å². The molecule has 0 saturated heterocycles. The Labute approximate surface area is 179 Å². The lowest BCUT2D eigenvalue weighted by Gasteiger charge is -2.09. The van der Waals surface area contributed by atoms with Crippen molar-refractivity contribution in [3.8, 4) is 11.8 Å². The van der Waals surface area contributed by atoms with Crippen LogP contribution in [0, 0.1) is 11.3 Å². The van der Waals surface area contributed by atoms with Gasteiger partial charge in [0.1, 0.15) is 17.4 Å². The smallest absolute Gasteiger partial charge is 0.338 e. The number of hydrogen-bond donors (Lipinski definition) is 3. The fraction of sp³-hybridized carbons (Fsp3) is 0.125. The van der Waals surface area contributed by atoms with Gasteiger partial charge in [-0.25, -0.2) is 4.79 Å². The van der Waals surface area contributed by atoms with Gasteiger partial charge >= 0.3 is 5.97 Å². The highest BCUT2D eigenvalue weighted by Crippen LogP contribution is 2.29. The Morgan fingerprint density at radius 2 is 1.77 bits per heavy atom. The fourth-order valence-corrected chi connectivity index (χ4v) is 2.98. The number of fused-ring (bicyclic) bond motifs is 1. The zero-order valence-electron chi connectivity index (χ0n) is 16.9. The zero-order chi connectivity index (χ0) is 22.2. The van der Waals surface area contributed by atoms with Crippen LogP contribution in [0.15, 0.2) is 72.4 Å². The van der Waals surface area contributed by atoms with E-state index >= 15 is 0 Å². The number of amides is 1. The molecule has 0 heterocycles. The Kier molecular flexibility index (Phi) is 6.86. The average molecular weight is 415 g/mol. The van der Waals surface area contributed by atoms with Crippen molar-refractivity contribution in [2.24, 2.45) is 0 Å². The van der Waals surface area contributed by atoms with Crippen LogP contribution in [0.2, 0.25) is 0 Å². The van der Waals surface area contributed by atoms with Crippen molar-refractivity contribution in [2.75, 3.05) is 11.9 Å². The van der Waals surface area contributed by atoms with E-state index in [-0.39, 0.29) is 17.3 Å². The van der Waals surface area contributed by atoms with Crippen molar-refractivity contribution in [2.45, 2.75) is 13.5 Å². The number of carbonyl (C=O) groups excluding carboxylic acids is 2. The maximum Gasteiger partial charge on any atom is 0.338 e. The first kappa shape index (κ1) is 21.4. The topological polar surface area (TPSA) is 111 Å². The van der Waals surface area contributed by atoms with Gasteiger partial charge in [0.2, 0.25) is 0 Å². The first-order valence-electron chi connectivity index (χ1n) is 9.65. The SMILES string of the molecule is CCOC(=O)c1ccc(CN/C=C(/C#N)C(=O)Nc2cccc3c(O)cccc23)cc1. The summed E-state index contributed by atoms with van der Waals surface area (Å²) in [5.74, 6) is -0.837. The molecule has 0 fully saturated rings. The molecule has 3 rings (SSSR count). The second kappa shape index (κ2) is 9.94. The monoisotopic (exact) mass is 415 g/mol. The van der Waals surface area contributed by atoms with Crippen LogP contribution in [-0.2, 0) is 16.1 Å². The Morgan fingerprint density at radius 3 is 2.48 bits per heavy atom. The van der Waals surface area contributed by atoms with E-state index in [9.17, 15) is 20.0 Å². The number of anilines is 1. The first-order chi connectivity index (χ1) is 15.0. The van der Waals surface area contributed by atoms with Crippen molar-refractivity contribution in [3.05, 3.63) is 83.6 Å².